The van der Waals surface area contributed by atoms with Crippen molar-refractivity contribution in [3.63, 3.8) is 0 Å². The highest BCUT2D eigenvalue weighted by Crippen LogP contribution is 2.45. The number of rotatable bonds is 7. The summed E-state index contributed by atoms with van der Waals surface area (Å²) in [5.41, 5.74) is -0.139. The molecule has 1 aliphatic rings. The van der Waals surface area contributed by atoms with Crippen LogP contribution >= 0.6 is 46.3 Å². The van der Waals surface area contributed by atoms with Crippen molar-refractivity contribution in [2.45, 2.75) is 28.4 Å². The second kappa shape index (κ2) is 9.89. The molecule has 1 aliphatic heterocycles. The van der Waals surface area contributed by atoms with Crippen LogP contribution in [0.1, 0.15) is 28.9 Å². The van der Waals surface area contributed by atoms with Crippen LogP contribution in [0, 0.1) is 10.1 Å². The Labute approximate surface area is 180 Å². The third kappa shape index (κ3) is 5.36. The van der Waals surface area contributed by atoms with Crippen molar-refractivity contribution in [3.05, 3.63) is 43.5 Å². The van der Waals surface area contributed by atoms with Crippen LogP contribution in [-0.4, -0.2) is 46.9 Å². The van der Waals surface area contributed by atoms with E-state index in [-0.39, 0.29) is 16.5 Å². The van der Waals surface area contributed by atoms with Crippen LogP contribution in [-0.2, 0) is 0 Å². The molecule has 11 heteroatoms. The molecule has 0 unspecified atom stereocenters. The smallest absolute Gasteiger partial charge is 0.294 e. The molecule has 2 aromatic rings. The first-order valence-corrected chi connectivity index (χ1v) is 11.1. The molecule has 3 heterocycles. The Morgan fingerprint density at radius 2 is 1.96 bits per heavy atom. The van der Waals surface area contributed by atoms with Gasteiger partial charge >= 0.3 is 0 Å². The van der Waals surface area contributed by atoms with Crippen molar-refractivity contribution >= 4 is 57.9 Å². The Hall–Kier alpha value is -1.39. The monoisotopic (exact) mass is 460 g/mol. The minimum Gasteiger partial charge on any atom is -0.350 e. The summed E-state index contributed by atoms with van der Waals surface area (Å²) >= 11 is 14.3. The van der Waals surface area contributed by atoms with Crippen LogP contribution in [0.3, 0.4) is 0 Å². The van der Waals surface area contributed by atoms with Gasteiger partial charge in [-0.25, -0.2) is 0 Å². The van der Waals surface area contributed by atoms with E-state index in [1.807, 2.05) is 0 Å². The first kappa shape index (κ1) is 21.3. The van der Waals surface area contributed by atoms with Crippen LogP contribution in [0.2, 0.25) is 10.0 Å². The predicted molar refractivity (Wildman–Crippen MR) is 112 cm³/mol. The molecule has 1 amide bonds. The van der Waals surface area contributed by atoms with Crippen LogP contribution in [0.25, 0.3) is 0 Å². The summed E-state index contributed by atoms with van der Waals surface area (Å²) < 4.78 is 0.348. The average Bonchev–Trinajstić information content (AvgIpc) is 3.10. The summed E-state index contributed by atoms with van der Waals surface area (Å²) in [6, 6.07) is 1.30. The number of hydrogen-bond acceptors (Lipinski definition) is 7. The number of piperidine rings is 1. The highest BCUT2D eigenvalue weighted by molar-refractivity contribution is 8.01. The van der Waals surface area contributed by atoms with Crippen molar-refractivity contribution in [2.75, 3.05) is 26.2 Å². The van der Waals surface area contributed by atoms with Crippen LogP contribution in [0.4, 0.5) is 5.69 Å². The van der Waals surface area contributed by atoms with Gasteiger partial charge in [-0.2, -0.15) is 0 Å². The molecule has 0 aliphatic carbocycles. The van der Waals surface area contributed by atoms with Crippen LogP contribution in [0.5, 0.6) is 0 Å². The quantitative estimate of drug-likeness (QED) is 0.474. The molecule has 7 nitrogen and oxygen atoms in total. The predicted octanol–water partition coefficient (Wildman–Crippen LogP) is 4.73. The first-order valence-electron chi connectivity index (χ1n) is 8.71. The molecule has 1 fully saturated rings. The number of amides is 1. The van der Waals surface area contributed by atoms with Gasteiger partial charge in [0, 0.05) is 31.5 Å². The third-order valence-corrected chi connectivity index (χ3v) is 7.52. The molecule has 0 bridgehead atoms. The van der Waals surface area contributed by atoms with Crippen molar-refractivity contribution < 1.29 is 9.72 Å². The lowest BCUT2D eigenvalue weighted by molar-refractivity contribution is -0.387. The lowest BCUT2D eigenvalue weighted by Crippen LogP contribution is -2.37. The van der Waals surface area contributed by atoms with E-state index in [4.69, 9.17) is 23.2 Å². The highest BCUT2D eigenvalue weighted by atomic mass is 35.5. The van der Waals surface area contributed by atoms with E-state index in [0.717, 1.165) is 42.7 Å². The minimum absolute atomic E-state index is 0.139. The highest BCUT2D eigenvalue weighted by Gasteiger charge is 2.25. The molecule has 28 heavy (non-hydrogen) atoms. The summed E-state index contributed by atoms with van der Waals surface area (Å²) in [7, 11) is 0. The normalized spacial score (nSPS) is 14.8. The lowest BCUT2D eigenvalue weighted by atomic mass is 10.1. The maximum atomic E-state index is 12.4. The maximum Gasteiger partial charge on any atom is 0.294 e. The van der Waals surface area contributed by atoms with Gasteiger partial charge in [0.15, 0.2) is 0 Å². The largest absolute Gasteiger partial charge is 0.350 e. The number of likely N-dealkylation sites (tertiary alicyclic amines) is 1. The molecule has 0 saturated carbocycles. The summed E-state index contributed by atoms with van der Waals surface area (Å²) in [6.45, 7) is 3.39. The zero-order chi connectivity index (χ0) is 20.1. The second-order valence-electron chi connectivity index (χ2n) is 6.23. The average molecular weight is 461 g/mol. The van der Waals surface area contributed by atoms with Gasteiger partial charge in [0.25, 0.3) is 11.6 Å². The number of hydrogen-bond donors (Lipinski definition) is 1. The molecule has 1 N–H and O–H groups in total. The number of carbonyl (C=O) groups excluding carboxylic acids is 1. The molecular formula is C17H18Cl2N4O3S2. The minimum atomic E-state index is -0.508. The van der Waals surface area contributed by atoms with Gasteiger partial charge in [-0.1, -0.05) is 41.4 Å². The maximum absolute atomic E-state index is 12.4. The SMILES string of the molecule is O=C(NCCN1CCCCC1)c1cc([N+](=O)[O-])c(Sc2c(Cl)cncc2Cl)s1. The number of nitrogens with one attached hydrogen (secondary N) is 1. The van der Waals surface area contributed by atoms with Gasteiger partial charge in [-0.05, 0) is 25.9 Å². The van der Waals surface area contributed by atoms with E-state index >= 15 is 0 Å². The molecule has 150 valence electrons. The van der Waals surface area contributed by atoms with Gasteiger partial charge in [-0.15, -0.1) is 11.3 Å². The number of thiophene rings is 1. The summed E-state index contributed by atoms with van der Waals surface area (Å²) in [5.74, 6) is -0.316. The number of pyridine rings is 1. The fraction of sp³-hybridized carbons (Fsp3) is 0.412. The van der Waals surface area contributed by atoms with E-state index < -0.39 is 4.92 Å². The number of halogens is 2. The fourth-order valence-corrected chi connectivity index (χ4v) is 5.64. The fourth-order valence-electron chi connectivity index (χ4n) is 2.86. The molecule has 3 rings (SSSR count). The number of nitrogens with zero attached hydrogens (tertiary/aromatic N) is 3. The van der Waals surface area contributed by atoms with Crippen molar-refractivity contribution in [1.29, 1.82) is 0 Å². The van der Waals surface area contributed by atoms with Gasteiger partial charge in [0.2, 0.25) is 0 Å². The van der Waals surface area contributed by atoms with E-state index in [0.29, 0.717) is 25.7 Å². The second-order valence-corrected chi connectivity index (χ2v) is 9.38. The zero-order valence-corrected chi connectivity index (χ0v) is 18.0. The molecule has 0 spiro atoms. The number of aromatic nitrogens is 1. The van der Waals surface area contributed by atoms with Crippen molar-refractivity contribution in [3.8, 4) is 0 Å². The van der Waals surface area contributed by atoms with Gasteiger partial charge < -0.3 is 10.2 Å². The summed E-state index contributed by atoms with van der Waals surface area (Å²) in [5, 5.41) is 14.9. The Kier molecular flexibility index (Phi) is 7.53. The summed E-state index contributed by atoms with van der Waals surface area (Å²) in [6.07, 6.45) is 6.47. The number of nitro groups is 1. The van der Waals surface area contributed by atoms with E-state index in [1.54, 1.807) is 0 Å². The van der Waals surface area contributed by atoms with Gasteiger partial charge in [0.1, 0.15) is 9.09 Å². The molecule has 2 aromatic heterocycles. The Morgan fingerprint density at radius 1 is 1.29 bits per heavy atom. The molecular weight excluding hydrogens is 443 g/mol. The Balaban J connectivity index is 1.69. The van der Waals surface area contributed by atoms with E-state index in [2.05, 4.69) is 15.2 Å². The molecule has 0 aromatic carbocycles. The van der Waals surface area contributed by atoms with Crippen LogP contribution < -0.4 is 5.32 Å². The standard InChI is InChI=1S/C17H18Cl2N4O3S2/c18-11-9-20-10-12(19)15(11)28-17-13(23(25)26)8-14(27-17)16(24)21-4-7-22-5-2-1-3-6-22/h8-10H,1-7H2,(H,21,24). The van der Waals surface area contributed by atoms with E-state index in [1.165, 1.54) is 37.7 Å². The topological polar surface area (TPSA) is 88.4 Å². The van der Waals surface area contributed by atoms with Gasteiger partial charge in [0.05, 0.1) is 19.9 Å². The lowest BCUT2D eigenvalue weighted by Gasteiger charge is -2.26. The third-order valence-electron chi connectivity index (χ3n) is 4.27. The first-order chi connectivity index (χ1) is 13.5. The number of carbonyl (C=O) groups is 1. The van der Waals surface area contributed by atoms with Gasteiger partial charge in [-0.3, -0.25) is 19.9 Å². The molecule has 0 radical (unpaired) electrons. The Bertz CT molecular complexity index is 852. The van der Waals surface area contributed by atoms with Crippen molar-refractivity contribution in [2.24, 2.45) is 0 Å². The summed E-state index contributed by atoms with van der Waals surface area (Å²) in [4.78, 5) is 30.3. The molecule has 1 saturated heterocycles. The Morgan fingerprint density at radius 3 is 2.61 bits per heavy atom. The van der Waals surface area contributed by atoms with Crippen molar-refractivity contribution in [1.82, 2.24) is 15.2 Å². The van der Waals surface area contributed by atoms with E-state index in [9.17, 15) is 14.9 Å². The zero-order valence-electron chi connectivity index (χ0n) is 14.8. The molecule has 0 atom stereocenters. The van der Waals surface area contributed by atoms with Crippen LogP contribution in [0.15, 0.2) is 27.6 Å².